The van der Waals surface area contributed by atoms with Crippen LogP contribution in [0.15, 0.2) is 47.6 Å². The zero-order valence-corrected chi connectivity index (χ0v) is 20.0. The predicted molar refractivity (Wildman–Crippen MR) is 129 cm³/mol. The fourth-order valence-electron chi connectivity index (χ4n) is 3.20. The van der Waals surface area contributed by atoms with Crippen LogP contribution in [-0.4, -0.2) is 47.9 Å². The summed E-state index contributed by atoms with van der Waals surface area (Å²) in [4.78, 5) is 22.5. The van der Waals surface area contributed by atoms with E-state index in [1.807, 2.05) is 24.0 Å². The SMILES string of the molecule is CCNC(=NCc1cccnc1Oc1cccc(F)c1)NCCCN1CCCC1=O.I. The molecule has 1 amide bonds. The maximum Gasteiger partial charge on any atom is 0.224 e. The molecule has 7 nitrogen and oxygen atoms in total. The lowest BCUT2D eigenvalue weighted by Crippen LogP contribution is -2.39. The summed E-state index contributed by atoms with van der Waals surface area (Å²) in [7, 11) is 0. The van der Waals surface area contributed by atoms with Crippen LogP contribution in [0, 0.1) is 5.82 Å². The van der Waals surface area contributed by atoms with Gasteiger partial charge in [0.15, 0.2) is 5.96 Å². The quantitative estimate of drug-likeness (QED) is 0.219. The van der Waals surface area contributed by atoms with Crippen molar-refractivity contribution in [3.8, 4) is 11.6 Å². The molecule has 2 heterocycles. The number of nitrogens with zero attached hydrogens (tertiary/aromatic N) is 3. The lowest BCUT2D eigenvalue weighted by Gasteiger charge is -2.16. The van der Waals surface area contributed by atoms with E-state index < -0.39 is 0 Å². The van der Waals surface area contributed by atoms with E-state index in [4.69, 9.17) is 4.74 Å². The largest absolute Gasteiger partial charge is 0.439 e. The van der Waals surface area contributed by atoms with Gasteiger partial charge in [-0.3, -0.25) is 4.79 Å². The van der Waals surface area contributed by atoms with Crippen molar-refractivity contribution in [3.63, 3.8) is 0 Å². The fraction of sp³-hybridized carbons (Fsp3) is 0.409. The van der Waals surface area contributed by atoms with Crippen LogP contribution in [-0.2, 0) is 11.3 Å². The Morgan fingerprint density at radius 2 is 2.16 bits per heavy atom. The van der Waals surface area contributed by atoms with Gasteiger partial charge < -0.3 is 20.3 Å². The minimum atomic E-state index is -0.364. The molecule has 1 aromatic carbocycles. The molecule has 0 saturated carbocycles. The molecule has 0 bridgehead atoms. The van der Waals surface area contributed by atoms with Crippen molar-refractivity contribution >= 4 is 35.8 Å². The Hall–Kier alpha value is -2.43. The Labute approximate surface area is 199 Å². The molecule has 0 aliphatic carbocycles. The third-order valence-electron chi connectivity index (χ3n) is 4.68. The highest BCUT2D eigenvalue weighted by atomic mass is 127. The molecule has 2 N–H and O–H groups in total. The van der Waals surface area contributed by atoms with Crippen molar-refractivity contribution in [1.82, 2.24) is 20.5 Å². The summed E-state index contributed by atoms with van der Waals surface area (Å²) in [5.74, 6) is 1.36. The molecule has 1 saturated heterocycles. The summed E-state index contributed by atoms with van der Waals surface area (Å²) in [5.41, 5.74) is 0.793. The number of guanidine groups is 1. The number of benzene rings is 1. The van der Waals surface area contributed by atoms with E-state index in [9.17, 15) is 9.18 Å². The molecule has 168 valence electrons. The molecule has 9 heteroatoms. The van der Waals surface area contributed by atoms with E-state index in [1.165, 1.54) is 12.1 Å². The van der Waals surface area contributed by atoms with Gasteiger partial charge in [0.05, 0.1) is 6.54 Å². The van der Waals surface area contributed by atoms with E-state index in [-0.39, 0.29) is 35.7 Å². The number of carbonyl (C=O) groups is 1. The van der Waals surface area contributed by atoms with Crippen LogP contribution < -0.4 is 15.4 Å². The summed E-state index contributed by atoms with van der Waals surface area (Å²) in [6, 6.07) is 9.66. The number of aromatic nitrogens is 1. The molecule has 1 aliphatic heterocycles. The van der Waals surface area contributed by atoms with Gasteiger partial charge in [0, 0.05) is 50.4 Å². The Bertz CT molecular complexity index is 880. The van der Waals surface area contributed by atoms with Gasteiger partial charge in [-0.25, -0.2) is 14.4 Å². The number of likely N-dealkylation sites (tertiary alicyclic amines) is 1. The monoisotopic (exact) mass is 541 g/mol. The van der Waals surface area contributed by atoms with Crippen LogP contribution in [0.4, 0.5) is 4.39 Å². The number of hydrogen-bond donors (Lipinski definition) is 2. The fourth-order valence-corrected chi connectivity index (χ4v) is 3.20. The van der Waals surface area contributed by atoms with Crippen LogP contribution in [0.2, 0.25) is 0 Å². The van der Waals surface area contributed by atoms with E-state index in [2.05, 4.69) is 20.6 Å². The topological polar surface area (TPSA) is 78.9 Å². The average molecular weight is 541 g/mol. The summed E-state index contributed by atoms with van der Waals surface area (Å²) in [6.45, 7) is 5.44. The third-order valence-corrected chi connectivity index (χ3v) is 4.68. The second-order valence-corrected chi connectivity index (χ2v) is 6.99. The first-order valence-electron chi connectivity index (χ1n) is 10.3. The number of pyridine rings is 1. The molecule has 3 rings (SSSR count). The summed E-state index contributed by atoms with van der Waals surface area (Å²) >= 11 is 0. The van der Waals surface area contributed by atoms with Gasteiger partial charge in [-0.2, -0.15) is 0 Å². The number of ether oxygens (including phenoxy) is 1. The van der Waals surface area contributed by atoms with Gasteiger partial charge in [0.2, 0.25) is 11.8 Å². The maximum atomic E-state index is 13.4. The van der Waals surface area contributed by atoms with Crippen LogP contribution in [0.1, 0.15) is 31.7 Å². The van der Waals surface area contributed by atoms with Gasteiger partial charge in [0.25, 0.3) is 0 Å². The standard InChI is InChI=1S/C22H28FN5O2.HI/c1-2-24-22(26-12-6-14-28-13-5-10-20(28)29)27-16-17-7-4-11-25-21(17)30-19-9-3-8-18(23)15-19;/h3-4,7-9,11,15H,2,5-6,10,12-14,16H2,1H3,(H2,24,26,27);1H. The van der Waals surface area contributed by atoms with Gasteiger partial charge in [-0.05, 0) is 38.0 Å². The molecule has 0 unspecified atom stereocenters. The van der Waals surface area contributed by atoms with Crippen molar-refractivity contribution in [3.05, 3.63) is 54.0 Å². The first kappa shape index (κ1) is 24.8. The lowest BCUT2D eigenvalue weighted by molar-refractivity contribution is -0.127. The number of halogens is 2. The first-order valence-corrected chi connectivity index (χ1v) is 10.3. The van der Waals surface area contributed by atoms with Crippen molar-refractivity contribution in [2.75, 3.05) is 26.2 Å². The second kappa shape index (κ2) is 13.1. The van der Waals surface area contributed by atoms with Crippen LogP contribution in [0.25, 0.3) is 0 Å². The van der Waals surface area contributed by atoms with E-state index >= 15 is 0 Å². The van der Waals surface area contributed by atoms with E-state index in [0.29, 0.717) is 30.6 Å². The van der Waals surface area contributed by atoms with Crippen molar-refractivity contribution in [2.24, 2.45) is 4.99 Å². The Morgan fingerprint density at radius 1 is 1.29 bits per heavy atom. The highest BCUT2D eigenvalue weighted by Gasteiger charge is 2.18. The summed E-state index contributed by atoms with van der Waals surface area (Å²) < 4.78 is 19.2. The predicted octanol–water partition coefficient (Wildman–Crippen LogP) is 3.70. The van der Waals surface area contributed by atoms with E-state index in [1.54, 1.807) is 18.3 Å². The first-order chi connectivity index (χ1) is 14.7. The highest BCUT2D eigenvalue weighted by Crippen LogP contribution is 2.23. The molecule has 0 spiro atoms. The van der Waals surface area contributed by atoms with Crippen molar-refractivity contribution < 1.29 is 13.9 Å². The number of rotatable bonds is 9. The molecule has 1 aliphatic rings. The lowest BCUT2D eigenvalue weighted by atomic mass is 10.2. The Kier molecular flexibility index (Phi) is 10.5. The average Bonchev–Trinajstić information content (AvgIpc) is 3.15. The highest BCUT2D eigenvalue weighted by molar-refractivity contribution is 14.0. The molecule has 1 aromatic heterocycles. The van der Waals surface area contributed by atoms with Crippen molar-refractivity contribution in [1.29, 1.82) is 0 Å². The normalized spacial score (nSPS) is 13.7. The van der Waals surface area contributed by atoms with Gasteiger partial charge in [0.1, 0.15) is 11.6 Å². The molecule has 0 radical (unpaired) electrons. The van der Waals surface area contributed by atoms with Gasteiger partial charge in [-0.1, -0.05) is 12.1 Å². The Balaban J connectivity index is 0.00000341. The van der Waals surface area contributed by atoms with Crippen LogP contribution >= 0.6 is 24.0 Å². The minimum Gasteiger partial charge on any atom is -0.439 e. The zero-order valence-electron chi connectivity index (χ0n) is 17.6. The van der Waals surface area contributed by atoms with Crippen molar-refractivity contribution in [2.45, 2.75) is 32.7 Å². The molecule has 31 heavy (non-hydrogen) atoms. The number of carbonyl (C=O) groups excluding carboxylic acids is 1. The number of amides is 1. The zero-order chi connectivity index (χ0) is 21.2. The third kappa shape index (κ3) is 7.97. The maximum absolute atomic E-state index is 13.4. The molecule has 0 atom stereocenters. The van der Waals surface area contributed by atoms with Gasteiger partial charge >= 0.3 is 0 Å². The molecular formula is C22H29FIN5O2. The van der Waals surface area contributed by atoms with Crippen LogP contribution in [0.3, 0.4) is 0 Å². The summed E-state index contributed by atoms with van der Waals surface area (Å²) in [6.07, 6.45) is 4.12. The summed E-state index contributed by atoms with van der Waals surface area (Å²) in [5, 5.41) is 6.51. The van der Waals surface area contributed by atoms with E-state index in [0.717, 1.165) is 44.6 Å². The number of hydrogen-bond acceptors (Lipinski definition) is 4. The van der Waals surface area contributed by atoms with Crippen LogP contribution in [0.5, 0.6) is 11.6 Å². The van der Waals surface area contributed by atoms with Gasteiger partial charge in [-0.15, -0.1) is 24.0 Å². The molecular weight excluding hydrogens is 512 g/mol. The molecule has 2 aromatic rings. The number of aliphatic imine (C=N–C) groups is 1. The Morgan fingerprint density at radius 3 is 2.90 bits per heavy atom. The molecule has 1 fully saturated rings. The smallest absolute Gasteiger partial charge is 0.224 e. The second-order valence-electron chi connectivity index (χ2n) is 6.99. The minimum absolute atomic E-state index is 0. The number of nitrogens with one attached hydrogen (secondary N) is 2.